The highest BCUT2D eigenvalue weighted by molar-refractivity contribution is 5.91. The number of anilines is 1. The Hall–Kier alpha value is -2.44. The zero-order chi connectivity index (χ0) is 15.6. The largest absolute Gasteiger partial charge is 0.373 e. The van der Waals surface area contributed by atoms with Gasteiger partial charge in [0.15, 0.2) is 11.5 Å². The first-order valence-corrected chi connectivity index (χ1v) is 6.76. The molecule has 7 heteroatoms. The predicted octanol–water partition coefficient (Wildman–Crippen LogP) is 1.53. The number of hydrogen-bond acceptors (Lipinski definition) is 5. The Morgan fingerprint density at radius 1 is 1.33 bits per heavy atom. The molecule has 0 spiro atoms. The van der Waals surface area contributed by atoms with Crippen molar-refractivity contribution in [2.75, 3.05) is 26.5 Å². The van der Waals surface area contributed by atoms with Crippen LogP contribution in [0.5, 0.6) is 0 Å². The van der Waals surface area contributed by atoms with E-state index in [1.165, 1.54) is 11.2 Å². The van der Waals surface area contributed by atoms with Crippen molar-refractivity contribution < 1.29 is 4.79 Å². The third-order valence-electron chi connectivity index (χ3n) is 3.11. The summed E-state index contributed by atoms with van der Waals surface area (Å²) in [5, 5.41) is 7.40. The molecule has 0 saturated carbocycles. The number of amides is 1. The molecule has 1 amide bonds. The van der Waals surface area contributed by atoms with Gasteiger partial charge in [-0.1, -0.05) is 13.8 Å². The maximum atomic E-state index is 11.9. The number of nitrogens with one attached hydrogen (secondary N) is 1. The molecule has 112 valence electrons. The maximum Gasteiger partial charge on any atom is 0.273 e. The van der Waals surface area contributed by atoms with Gasteiger partial charge in [0.05, 0.1) is 0 Å². The first-order chi connectivity index (χ1) is 9.95. The van der Waals surface area contributed by atoms with Crippen LogP contribution in [0.2, 0.25) is 0 Å². The minimum atomic E-state index is -0.136. The lowest BCUT2D eigenvalue weighted by atomic mass is 10.0. The molecule has 2 aromatic heterocycles. The number of rotatable bonds is 4. The van der Waals surface area contributed by atoms with Crippen molar-refractivity contribution in [3.8, 4) is 5.82 Å². The fourth-order valence-electron chi connectivity index (χ4n) is 2.08. The average molecular weight is 288 g/mol. The van der Waals surface area contributed by atoms with E-state index in [0.717, 1.165) is 11.4 Å². The van der Waals surface area contributed by atoms with Crippen LogP contribution in [-0.4, -0.2) is 51.7 Å². The highest BCUT2D eigenvalue weighted by atomic mass is 16.2. The summed E-state index contributed by atoms with van der Waals surface area (Å²) in [6.45, 7) is 4.14. The predicted molar refractivity (Wildman–Crippen MR) is 80.8 cm³/mol. The molecule has 7 nitrogen and oxygen atoms in total. The zero-order valence-electron chi connectivity index (χ0n) is 13.0. The molecule has 1 N–H and O–H groups in total. The van der Waals surface area contributed by atoms with Gasteiger partial charge in [-0.05, 0) is 12.0 Å². The van der Waals surface area contributed by atoms with E-state index in [2.05, 4.69) is 34.2 Å². The van der Waals surface area contributed by atoms with Crippen molar-refractivity contribution in [1.82, 2.24) is 24.6 Å². The minimum absolute atomic E-state index is 0.136. The van der Waals surface area contributed by atoms with Crippen molar-refractivity contribution in [2.24, 2.45) is 0 Å². The highest BCUT2D eigenvalue weighted by Gasteiger charge is 2.18. The van der Waals surface area contributed by atoms with Crippen LogP contribution >= 0.6 is 0 Å². The van der Waals surface area contributed by atoms with Crippen molar-refractivity contribution in [3.63, 3.8) is 0 Å². The molecule has 21 heavy (non-hydrogen) atoms. The molecular weight excluding hydrogens is 268 g/mol. The van der Waals surface area contributed by atoms with E-state index in [4.69, 9.17) is 0 Å². The first-order valence-electron chi connectivity index (χ1n) is 6.76. The summed E-state index contributed by atoms with van der Waals surface area (Å²) in [5.74, 6) is 1.54. The average Bonchev–Trinajstić information content (AvgIpc) is 2.94. The SMILES string of the molecule is CNc1ncnc(-n2ccc(C(=O)N(C)C)n2)c1C(C)C. The van der Waals surface area contributed by atoms with E-state index in [9.17, 15) is 4.79 Å². The van der Waals surface area contributed by atoms with E-state index in [1.807, 2.05) is 7.05 Å². The second-order valence-corrected chi connectivity index (χ2v) is 5.21. The summed E-state index contributed by atoms with van der Waals surface area (Å²) in [4.78, 5) is 22.0. The van der Waals surface area contributed by atoms with Crippen LogP contribution < -0.4 is 5.32 Å². The Morgan fingerprint density at radius 3 is 2.62 bits per heavy atom. The Labute approximate surface area is 124 Å². The van der Waals surface area contributed by atoms with E-state index < -0.39 is 0 Å². The van der Waals surface area contributed by atoms with E-state index in [1.54, 1.807) is 31.0 Å². The summed E-state index contributed by atoms with van der Waals surface area (Å²) >= 11 is 0. The monoisotopic (exact) mass is 288 g/mol. The Balaban J connectivity index is 2.50. The van der Waals surface area contributed by atoms with Gasteiger partial charge in [-0.2, -0.15) is 5.10 Å². The first kappa shape index (κ1) is 15.0. The highest BCUT2D eigenvalue weighted by Crippen LogP contribution is 2.26. The van der Waals surface area contributed by atoms with Gasteiger partial charge in [0, 0.05) is 32.9 Å². The standard InChI is InChI=1S/C14H20N6O/c1-9(2)11-12(15-3)16-8-17-13(11)20-7-6-10(18-20)14(21)19(4)5/h6-9H,1-5H3,(H,15,16,17). The molecule has 2 heterocycles. The van der Waals surface area contributed by atoms with Crippen LogP contribution in [0.25, 0.3) is 5.82 Å². The van der Waals surface area contributed by atoms with Gasteiger partial charge in [-0.15, -0.1) is 0 Å². The van der Waals surface area contributed by atoms with Gasteiger partial charge in [0.25, 0.3) is 5.91 Å². The van der Waals surface area contributed by atoms with Crippen LogP contribution in [0.15, 0.2) is 18.6 Å². The van der Waals surface area contributed by atoms with Crippen LogP contribution in [0.4, 0.5) is 5.82 Å². The number of carbonyl (C=O) groups excluding carboxylic acids is 1. The molecule has 0 aliphatic rings. The Morgan fingerprint density at radius 2 is 2.05 bits per heavy atom. The normalized spacial score (nSPS) is 10.8. The smallest absolute Gasteiger partial charge is 0.273 e. The summed E-state index contributed by atoms with van der Waals surface area (Å²) in [5.41, 5.74) is 1.35. The van der Waals surface area contributed by atoms with Gasteiger partial charge in [0.1, 0.15) is 12.1 Å². The second kappa shape index (κ2) is 5.90. The fraction of sp³-hybridized carbons (Fsp3) is 0.429. The van der Waals surface area contributed by atoms with Crippen LogP contribution in [-0.2, 0) is 0 Å². The van der Waals surface area contributed by atoms with Crippen molar-refractivity contribution in [1.29, 1.82) is 0 Å². The number of aromatic nitrogens is 4. The molecule has 0 aromatic carbocycles. The molecule has 0 aliphatic carbocycles. The van der Waals surface area contributed by atoms with Crippen LogP contribution in [0.1, 0.15) is 35.8 Å². The van der Waals surface area contributed by atoms with E-state index in [-0.39, 0.29) is 11.8 Å². The van der Waals surface area contributed by atoms with Crippen LogP contribution in [0.3, 0.4) is 0 Å². The molecule has 2 aromatic rings. The van der Waals surface area contributed by atoms with Gasteiger partial charge in [-0.25, -0.2) is 14.6 Å². The Kier molecular flexibility index (Phi) is 4.21. The second-order valence-electron chi connectivity index (χ2n) is 5.21. The lowest BCUT2D eigenvalue weighted by Crippen LogP contribution is -2.22. The van der Waals surface area contributed by atoms with Gasteiger partial charge in [-0.3, -0.25) is 4.79 Å². The molecule has 0 fully saturated rings. The van der Waals surface area contributed by atoms with Crippen molar-refractivity contribution in [2.45, 2.75) is 19.8 Å². The number of carbonyl (C=O) groups is 1. The molecule has 0 radical (unpaired) electrons. The topological polar surface area (TPSA) is 75.9 Å². The summed E-state index contributed by atoms with van der Waals surface area (Å²) < 4.78 is 1.62. The molecule has 0 saturated heterocycles. The fourth-order valence-corrected chi connectivity index (χ4v) is 2.08. The molecule has 0 unspecified atom stereocenters. The molecule has 0 bridgehead atoms. The number of nitrogens with zero attached hydrogens (tertiary/aromatic N) is 5. The molecular formula is C14H20N6O. The molecule has 2 rings (SSSR count). The molecule has 0 aliphatic heterocycles. The van der Waals surface area contributed by atoms with Crippen molar-refractivity contribution >= 4 is 11.7 Å². The van der Waals surface area contributed by atoms with E-state index >= 15 is 0 Å². The summed E-state index contributed by atoms with van der Waals surface area (Å²) in [6, 6.07) is 1.69. The van der Waals surface area contributed by atoms with E-state index in [0.29, 0.717) is 11.5 Å². The van der Waals surface area contributed by atoms with Crippen molar-refractivity contribution in [3.05, 3.63) is 29.8 Å². The van der Waals surface area contributed by atoms with Gasteiger partial charge < -0.3 is 10.2 Å². The lowest BCUT2D eigenvalue weighted by molar-refractivity contribution is 0.0821. The van der Waals surface area contributed by atoms with Gasteiger partial charge in [0.2, 0.25) is 0 Å². The van der Waals surface area contributed by atoms with Crippen LogP contribution in [0, 0.1) is 0 Å². The quantitative estimate of drug-likeness (QED) is 0.923. The zero-order valence-corrected chi connectivity index (χ0v) is 13.0. The molecule has 0 atom stereocenters. The Bertz CT molecular complexity index is 647. The third kappa shape index (κ3) is 2.86. The lowest BCUT2D eigenvalue weighted by Gasteiger charge is -2.15. The summed E-state index contributed by atoms with van der Waals surface area (Å²) in [7, 11) is 5.22. The number of hydrogen-bond donors (Lipinski definition) is 1. The maximum absolute atomic E-state index is 11.9. The minimum Gasteiger partial charge on any atom is -0.373 e. The summed E-state index contributed by atoms with van der Waals surface area (Å²) in [6.07, 6.45) is 3.23. The third-order valence-corrected chi connectivity index (χ3v) is 3.11. The van der Waals surface area contributed by atoms with Gasteiger partial charge >= 0.3 is 0 Å².